The fourth-order valence-corrected chi connectivity index (χ4v) is 1.94. The van der Waals surface area contributed by atoms with Crippen LogP contribution in [0.3, 0.4) is 0 Å². The highest BCUT2D eigenvalue weighted by molar-refractivity contribution is 5.42. The molecular weight excluding hydrogens is 267 g/mol. The maximum Gasteiger partial charge on any atom is 0.416 e. The number of benzene rings is 1. The molecule has 0 fully saturated rings. The van der Waals surface area contributed by atoms with Crippen LogP contribution in [0.25, 0.3) is 5.69 Å². The fourth-order valence-electron chi connectivity index (χ4n) is 1.94. The van der Waals surface area contributed by atoms with Gasteiger partial charge in [0.05, 0.1) is 16.9 Å². The molecule has 20 heavy (non-hydrogen) atoms. The van der Waals surface area contributed by atoms with Gasteiger partial charge in [0.25, 0.3) is 0 Å². The van der Waals surface area contributed by atoms with E-state index in [1.54, 1.807) is 25.3 Å². The van der Waals surface area contributed by atoms with Gasteiger partial charge in [-0.1, -0.05) is 13.0 Å². The Balaban J connectivity index is 2.43. The summed E-state index contributed by atoms with van der Waals surface area (Å²) in [6.45, 7) is 4.47. The fraction of sp³-hybridized carbons (Fsp3) is 0.357. The van der Waals surface area contributed by atoms with E-state index in [0.29, 0.717) is 12.2 Å². The lowest BCUT2D eigenvalue weighted by Gasteiger charge is -2.15. The molecule has 0 saturated carbocycles. The number of halogens is 3. The van der Waals surface area contributed by atoms with Crippen LogP contribution in [0.5, 0.6) is 0 Å². The standard InChI is InChI=1S/C14H16F3N3/c1-3-18-9-11-4-5-12(8-13(11)14(15,16)17)20-7-6-10(2)19-20/h4-8,18H,3,9H2,1-2H3. The number of hydrogen-bond acceptors (Lipinski definition) is 2. The highest BCUT2D eigenvalue weighted by Crippen LogP contribution is 2.33. The molecule has 1 aromatic heterocycles. The Bertz CT molecular complexity index is 588. The molecular formula is C14H16F3N3. The Kier molecular flexibility index (Phi) is 4.13. The summed E-state index contributed by atoms with van der Waals surface area (Å²) in [6, 6.07) is 6.03. The quantitative estimate of drug-likeness (QED) is 0.933. The average Bonchev–Trinajstić information content (AvgIpc) is 2.82. The van der Waals surface area contributed by atoms with Crippen LogP contribution < -0.4 is 5.32 Å². The zero-order valence-electron chi connectivity index (χ0n) is 11.3. The summed E-state index contributed by atoms with van der Waals surface area (Å²) in [5.41, 5.74) is 0.789. The van der Waals surface area contributed by atoms with Crippen LogP contribution in [0.2, 0.25) is 0 Å². The summed E-state index contributed by atoms with van der Waals surface area (Å²) in [5.74, 6) is 0. The maximum atomic E-state index is 13.1. The molecule has 1 N–H and O–H groups in total. The first kappa shape index (κ1) is 14.6. The van der Waals surface area contributed by atoms with Crippen molar-refractivity contribution < 1.29 is 13.2 Å². The van der Waals surface area contributed by atoms with Crippen molar-refractivity contribution in [2.75, 3.05) is 6.54 Å². The molecule has 0 bridgehead atoms. The van der Waals surface area contributed by atoms with Crippen molar-refractivity contribution in [1.82, 2.24) is 15.1 Å². The zero-order chi connectivity index (χ0) is 14.8. The molecule has 0 saturated heterocycles. The predicted molar refractivity (Wildman–Crippen MR) is 70.7 cm³/mol. The highest BCUT2D eigenvalue weighted by Gasteiger charge is 2.33. The van der Waals surface area contributed by atoms with Gasteiger partial charge in [-0.15, -0.1) is 0 Å². The van der Waals surface area contributed by atoms with E-state index >= 15 is 0 Å². The summed E-state index contributed by atoms with van der Waals surface area (Å²) in [4.78, 5) is 0. The molecule has 1 heterocycles. The SMILES string of the molecule is CCNCc1ccc(-n2ccc(C)n2)cc1C(F)(F)F. The number of aryl methyl sites for hydroxylation is 1. The first-order valence-electron chi connectivity index (χ1n) is 6.35. The monoisotopic (exact) mass is 283 g/mol. The maximum absolute atomic E-state index is 13.1. The average molecular weight is 283 g/mol. The molecule has 108 valence electrons. The van der Waals surface area contributed by atoms with Crippen LogP contribution in [0, 0.1) is 6.92 Å². The van der Waals surface area contributed by atoms with E-state index in [9.17, 15) is 13.2 Å². The minimum absolute atomic E-state index is 0.198. The molecule has 3 nitrogen and oxygen atoms in total. The van der Waals surface area contributed by atoms with Gasteiger partial charge in [-0.2, -0.15) is 18.3 Å². The Morgan fingerprint density at radius 2 is 2.00 bits per heavy atom. The second kappa shape index (κ2) is 5.66. The van der Waals surface area contributed by atoms with Crippen LogP contribution in [-0.2, 0) is 12.7 Å². The molecule has 0 amide bonds. The molecule has 6 heteroatoms. The number of aromatic nitrogens is 2. The van der Waals surface area contributed by atoms with Gasteiger partial charge in [-0.3, -0.25) is 0 Å². The van der Waals surface area contributed by atoms with Gasteiger partial charge in [0.15, 0.2) is 0 Å². The van der Waals surface area contributed by atoms with Crippen LogP contribution >= 0.6 is 0 Å². The lowest BCUT2D eigenvalue weighted by atomic mass is 10.1. The van der Waals surface area contributed by atoms with Crippen molar-refractivity contribution in [2.24, 2.45) is 0 Å². The van der Waals surface area contributed by atoms with E-state index in [-0.39, 0.29) is 12.1 Å². The van der Waals surface area contributed by atoms with Crippen molar-refractivity contribution in [2.45, 2.75) is 26.6 Å². The van der Waals surface area contributed by atoms with Gasteiger partial charge in [-0.25, -0.2) is 4.68 Å². The summed E-state index contributed by atoms with van der Waals surface area (Å²) in [5, 5.41) is 7.05. The van der Waals surface area contributed by atoms with Crippen molar-refractivity contribution in [1.29, 1.82) is 0 Å². The minimum Gasteiger partial charge on any atom is -0.313 e. The first-order chi connectivity index (χ1) is 9.41. The molecule has 2 aromatic rings. The number of rotatable bonds is 4. The Morgan fingerprint density at radius 3 is 2.55 bits per heavy atom. The molecule has 0 unspecified atom stereocenters. The van der Waals surface area contributed by atoms with Gasteiger partial charge in [0.2, 0.25) is 0 Å². The number of alkyl halides is 3. The predicted octanol–water partition coefficient (Wildman–Crippen LogP) is 3.31. The topological polar surface area (TPSA) is 29.9 Å². The lowest BCUT2D eigenvalue weighted by molar-refractivity contribution is -0.138. The summed E-state index contributed by atoms with van der Waals surface area (Å²) in [6.07, 6.45) is -2.72. The van der Waals surface area contributed by atoms with Gasteiger partial charge < -0.3 is 5.32 Å². The smallest absolute Gasteiger partial charge is 0.313 e. The molecule has 0 radical (unpaired) electrons. The van der Waals surface area contributed by atoms with Crippen LogP contribution in [0.15, 0.2) is 30.5 Å². The van der Waals surface area contributed by atoms with Crippen molar-refractivity contribution in [3.05, 3.63) is 47.3 Å². The van der Waals surface area contributed by atoms with E-state index in [2.05, 4.69) is 10.4 Å². The van der Waals surface area contributed by atoms with Gasteiger partial charge in [-0.05, 0) is 37.2 Å². The first-order valence-corrected chi connectivity index (χ1v) is 6.35. The largest absolute Gasteiger partial charge is 0.416 e. The molecule has 0 aliphatic carbocycles. The van der Waals surface area contributed by atoms with E-state index in [1.165, 1.54) is 10.7 Å². The van der Waals surface area contributed by atoms with Gasteiger partial charge in [0.1, 0.15) is 0 Å². The summed E-state index contributed by atoms with van der Waals surface area (Å²) >= 11 is 0. The molecule has 0 spiro atoms. The lowest BCUT2D eigenvalue weighted by Crippen LogP contribution is -2.17. The number of nitrogens with one attached hydrogen (secondary N) is 1. The number of nitrogens with zero attached hydrogens (tertiary/aromatic N) is 2. The minimum atomic E-state index is -4.37. The Labute approximate surface area is 115 Å². The molecule has 0 aliphatic heterocycles. The molecule has 0 aliphatic rings. The van der Waals surface area contributed by atoms with Crippen LogP contribution in [0.1, 0.15) is 23.7 Å². The molecule has 1 aromatic carbocycles. The third-order valence-corrected chi connectivity index (χ3v) is 2.95. The Hall–Kier alpha value is -1.82. The van der Waals surface area contributed by atoms with Gasteiger partial charge >= 0.3 is 6.18 Å². The van der Waals surface area contributed by atoms with Crippen LogP contribution in [0.4, 0.5) is 13.2 Å². The van der Waals surface area contributed by atoms with Gasteiger partial charge in [0, 0.05) is 12.7 Å². The normalized spacial score (nSPS) is 11.8. The second-order valence-corrected chi connectivity index (χ2v) is 4.52. The van der Waals surface area contributed by atoms with E-state index in [1.807, 2.05) is 6.92 Å². The zero-order valence-corrected chi connectivity index (χ0v) is 11.3. The van der Waals surface area contributed by atoms with E-state index < -0.39 is 11.7 Å². The number of hydrogen-bond donors (Lipinski definition) is 1. The van der Waals surface area contributed by atoms with Crippen molar-refractivity contribution in [3.63, 3.8) is 0 Å². The van der Waals surface area contributed by atoms with E-state index in [0.717, 1.165) is 11.8 Å². The molecule has 0 atom stereocenters. The van der Waals surface area contributed by atoms with Crippen LogP contribution in [-0.4, -0.2) is 16.3 Å². The molecule has 2 rings (SSSR count). The van der Waals surface area contributed by atoms with E-state index in [4.69, 9.17) is 0 Å². The van der Waals surface area contributed by atoms with Crippen molar-refractivity contribution >= 4 is 0 Å². The van der Waals surface area contributed by atoms with Crippen molar-refractivity contribution in [3.8, 4) is 5.69 Å². The second-order valence-electron chi connectivity index (χ2n) is 4.52. The third kappa shape index (κ3) is 3.19. The summed E-state index contributed by atoms with van der Waals surface area (Å²) < 4.78 is 40.8. The highest BCUT2D eigenvalue weighted by atomic mass is 19.4. The third-order valence-electron chi connectivity index (χ3n) is 2.95. The summed E-state index contributed by atoms with van der Waals surface area (Å²) in [7, 11) is 0. The Morgan fingerprint density at radius 1 is 1.25 bits per heavy atom.